The van der Waals surface area contributed by atoms with Crippen LogP contribution in [0.3, 0.4) is 0 Å². The molecule has 0 atom stereocenters. The molecule has 6 nitrogen and oxygen atoms in total. The van der Waals surface area contributed by atoms with Crippen LogP contribution in [0.2, 0.25) is 0 Å². The lowest BCUT2D eigenvalue weighted by molar-refractivity contribution is -0.131. The molecule has 6 heteroatoms. The quantitative estimate of drug-likeness (QED) is 0.232. The van der Waals surface area contributed by atoms with Crippen LogP contribution in [0.5, 0.6) is 0 Å². The van der Waals surface area contributed by atoms with Crippen LogP contribution in [0, 0.1) is 0 Å². The molecule has 0 saturated heterocycles. The molecule has 14 heavy (non-hydrogen) atoms. The van der Waals surface area contributed by atoms with E-state index in [1.54, 1.807) is 4.90 Å². The first kappa shape index (κ1) is 10.8. The van der Waals surface area contributed by atoms with E-state index in [4.69, 9.17) is 16.0 Å². The van der Waals surface area contributed by atoms with Gasteiger partial charge >= 0.3 is 0 Å². The Morgan fingerprint density at radius 2 is 2.21 bits per heavy atom. The first-order valence-corrected chi connectivity index (χ1v) is 4.55. The number of carbonyl (C=O) groups is 1. The smallest absolute Gasteiger partial charge is 0.230 e. The normalized spacial score (nSPS) is 16.8. The number of oxime groups is 1. The van der Waals surface area contributed by atoms with Crippen molar-refractivity contribution in [2.24, 2.45) is 10.9 Å². The van der Waals surface area contributed by atoms with Crippen LogP contribution >= 0.6 is 0 Å². The fourth-order valence-corrected chi connectivity index (χ4v) is 1.30. The number of aliphatic hydroxyl groups is 1. The van der Waals surface area contributed by atoms with Gasteiger partial charge in [0.15, 0.2) is 0 Å². The maximum atomic E-state index is 11.5. The van der Waals surface area contributed by atoms with Crippen LogP contribution in [-0.4, -0.2) is 46.1 Å². The summed E-state index contributed by atoms with van der Waals surface area (Å²) in [5, 5.41) is 19.8. The van der Waals surface area contributed by atoms with E-state index in [9.17, 15) is 4.79 Å². The van der Waals surface area contributed by atoms with E-state index in [0.29, 0.717) is 6.54 Å². The van der Waals surface area contributed by atoms with Crippen LogP contribution < -0.4 is 5.73 Å². The highest BCUT2D eigenvalue weighted by Crippen LogP contribution is 2.26. The topological polar surface area (TPSA) is 99.2 Å². The number of aliphatic hydroxyl groups excluding tert-OH is 1. The second-order valence-corrected chi connectivity index (χ2v) is 3.31. The summed E-state index contributed by atoms with van der Waals surface area (Å²) in [6.07, 6.45) is 1.86. The van der Waals surface area contributed by atoms with E-state index in [1.807, 2.05) is 0 Å². The molecule has 1 rings (SSSR count). The van der Waals surface area contributed by atoms with Gasteiger partial charge in [-0.3, -0.25) is 4.79 Å². The van der Waals surface area contributed by atoms with Gasteiger partial charge in [0.05, 0.1) is 13.0 Å². The zero-order valence-electron chi connectivity index (χ0n) is 7.89. The molecular weight excluding hydrogens is 186 g/mol. The van der Waals surface area contributed by atoms with Crippen molar-refractivity contribution in [3.63, 3.8) is 0 Å². The molecular formula is C8H15N3O3. The van der Waals surface area contributed by atoms with Gasteiger partial charge < -0.3 is 20.9 Å². The van der Waals surface area contributed by atoms with E-state index in [-0.39, 0.29) is 30.8 Å². The monoisotopic (exact) mass is 201 g/mol. The number of amides is 1. The third kappa shape index (κ3) is 2.88. The summed E-state index contributed by atoms with van der Waals surface area (Å²) in [7, 11) is 0. The highest BCUT2D eigenvalue weighted by Gasteiger charge is 2.32. The second-order valence-electron chi connectivity index (χ2n) is 3.31. The predicted molar refractivity (Wildman–Crippen MR) is 49.8 cm³/mol. The number of nitrogens with two attached hydrogens (primary N) is 1. The highest BCUT2D eigenvalue weighted by atomic mass is 16.4. The summed E-state index contributed by atoms with van der Waals surface area (Å²) >= 11 is 0. The minimum atomic E-state index is -0.197. The maximum absolute atomic E-state index is 11.5. The van der Waals surface area contributed by atoms with Gasteiger partial charge in [0.1, 0.15) is 5.84 Å². The minimum absolute atomic E-state index is 0.0571. The fourth-order valence-electron chi connectivity index (χ4n) is 1.30. The molecule has 1 aliphatic rings. The average Bonchev–Trinajstić information content (AvgIpc) is 2.97. The molecule has 0 heterocycles. The molecule has 0 aromatic heterocycles. The average molecular weight is 201 g/mol. The lowest BCUT2D eigenvalue weighted by Gasteiger charge is -2.20. The zero-order valence-corrected chi connectivity index (χ0v) is 7.89. The van der Waals surface area contributed by atoms with Gasteiger partial charge in [0, 0.05) is 12.6 Å². The molecule has 1 saturated carbocycles. The first-order chi connectivity index (χ1) is 6.69. The number of carbonyl (C=O) groups excluding carboxylic acids is 1. The Bertz CT molecular complexity index is 238. The largest absolute Gasteiger partial charge is 0.409 e. The molecule has 1 aliphatic carbocycles. The van der Waals surface area contributed by atoms with Crippen LogP contribution in [0.15, 0.2) is 5.16 Å². The number of hydrogen-bond acceptors (Lipinski definition) is 4. The Morgan fingerprint density at radius 1 is 1.57 bits per heavy atom. The van der Waals surface area contributed by atoms with Gasteiger partial charge in [-0.05, 0) is 12.8 Å². The van der Waals surface area contributed by atoms with Crippen molar-refractivity contribution in [3.8, 4) is 0 Å². The van der Waals surface area contributed by atoms with Gasteiger partial charge in [0.25, 0.3) is 0 Å². The third-order valence-corrected chi connectivity index (χ3v) is 2.11. The van der Waals surface area contributed by atoms with Crippen molar-refractivity contribution >= 4 is 11.7 Å². The molecule has 0 aromatic rings. The summed E-state index contributed by atoms with van der Waals surface area (Å²) < 4.78 is 0. The van der Waals surface area contributed by atoms with Crippen LogP contribution in [-0.2, 0) is 4.79 Å². The van der Waals surface area contributed by atoms with Gasteiger partial charge in [-0.25, -0.2) is 0 Å². The number of nitrogens with zero attached hydrogens (tertiary/aromatic N) is 2. The molecule has 80 valence electrons. The van der Waals surface area contributed by atoms with Crippen LogP contribution in [0.4, 0.5) is 0 Å². The molecule has 1 amide bonds. The predicted octanol–water partition coefficient (Wildman–Crippen LogP) is -0.894. The third-order valence-electron chi connectivity index (χ3n) is 2.11. The zero-order chi connectivity index (χ0) is 10.6. The van der Waals surface area contributed by atoms with E-state index < -0.39 is 0 Å². The van der Waals surface area contributed by atoms with E-state index >= 15 is 0 Å². The van der Waals surface area contributed by atoms with Crippen molar-refractivity contribution in [3.05, 3.63) is 0 Å². The SMILES string of the molecule is NC(CC(=O)N(CCO)C1CC1)=NO. The molecule has 0 radical (unpaired) electrons. The van der Waals surface area contributed by atoms with Gasteiger partial charge in [-0.15, -0.1) is 0 Å². The fraction of sp³-hybridized carbons (Fsp3) is 0.750. The van der Waals surface area contributed by atoms with Gasteiger partial charge in [0.2, 0.25) is 5.91 Å². The maximum Gasteiger partial charge on any atom is 0.230 e. The number of rotatable bonds is 5. The number of amidine groups is 1. The standard InChI is InChI=1S/C8H15N3O3/c9-7(10-14)5-8(13)11(3-4-12)6-1-2-6/h6,12,14H,1-5H2,(H2,9,10). The van der Waals surface area contributed by atoms with Crippen LogP contribution in [0.1, 0.15) is 19.3 Å². The Labute approximate surface area is 82.0 Å². The Morgan fingerprint density at radius 3 is 2.64 bits per heavy atom. The second kappa shape index (κ2) is 4.80. The Kier molecular flexibility index (Phi) is 3.70. The number of hydrogen-bond donors (Lipinski definition) is 3. The minimum Gasteiger partial charge on any atom is -0.409 e. The van der Waals surface area contributed by atoms with E-state index in [1.165, 1.54) is 0 Å². The summed E-state index contributed by atoms with van der Waals surface area (Å²) in [6, 6.07) is 0.237. The molecule has 0 unspecified atom stereocenters. The lowest BCUT2D eigenvalue weighted by Crippen LogP contribution is -2.37. The molecule has 0 spiro atoms. The lowest BCUT2D eigenvalue weighted by atomic mass is 10.3. The molecule has 1 fully saturated rings. The summed E-state index contributed by atoms with van der Waals surface area (Å²) in [5.74, 6) is -0.296. The van der Waals surface area contributed by atoms with Gasteiger partial charge in [-0.1, -0.05) is 5.16 Å². The van der Waals surface area contributed by atoms with Crippen molar-refractivity contribution in [2.45, 2.75) is 25.3 Å². The molecule has 0 aromatic carbocycles. The van der Waals surface area contributed by atoms with E-state index in [0.717, 1.165) is 12.8 Å². The molecule has 4 N–H and O–H groups in total. The van der Waals surface area contributed by atoms with Crippen molar-refractivity contribution in [1.29, 1.82) is 0 Å². The Balaban J connectivity index is 2.46. The first-order valence-electron chi connectivity index (χ1n) is 4.55. The Hall–Kier alpha value is -1.30. The van der Waals surface area contributed by atoms with Gasteiger partial charge in [-0.2, -0.15) is 0 Å². The van der Waals surface area contributed by atoms with Crippen LogP contribution in [0.25, 0.3) is 0 Å². The summed E-state index contributed by atoms with van der Waals surface area (Å²) in [4.78, 5) is 13.1. The van der Waals surface area contributed by atoms with Crippen molar-refractivity contribution in [1.82, 2.24) is 4.90 Å². The highest BCUT2D eigenvalue weighted by molar-refractivity contribution is 5.98. The summed E-state index contributed by atoms with van der Waals surface area (Å²) in [5.41, 5.74) is 5.22. The summed E-state index contributed by atoms with van der Waals surface area (Å²) in [6.45, 7) is 0.265. The van der Waals surface area contributed by atoms with Crippen molar-refractivity contribution in [2.75, 3.05) is 13.2 Å². The molecule has 0 aliphatic heterocycles. The van der Waals surface area contributed by atoms with E-state index in [2.05, 4.69) is 5.16 Å². The van der Waals surface area contributed by atoms with Crippen molar-refractivity contribution < 1.29 is 15.1 Å². The molecule has 0 bridgehead atoms.